The van der Waals surface area contributed by atoms with Crippen molar-refractivity contribution in [1.29, 1.82) is 0 Å². The number of hydrogen-bond donors (Lipinski definition) is 0. The molecule has 2 rings (SSSR count). The van der Waals surface area contributed by atoms with Crippen molar-refractivity contribution in [1.82, 2.24) is 4.98 Å². The summed E-state index contributed by atoms with van der Waals surface area (Å²) in [6.07, 6.45) is 1.67. The van der Waals surface area contributed by atoms with Gasteiger partial charge in [-0.15, -0.1) is 0 Å². The number of ether oxygens (including phenoxy) is 2. The van der Waals surface area contributed by atoms with E-state index in [0.717, 1.165) is 15.8 Å². The minimum Gasteiger partial charge on any atom is -0.496 e. The van der Waals surface area contributed by atoms with E-state index in [1.807, 2.05) is 13.0 Å². The fourth-order valence-electron chi connectivity index (χ4n) is 1.51. The quantitative estimate of drug-likeness (QED) is 0.871. The van der Waals surface area contributed by atoms with Gasteiger partial charge in [0.05, 0.1) is 30.5 Å². The van der Waals surface area contributed by atoms with Gasteiger partial charge in [-0.2, -0.15) is 0 Å². The first-order valence-corrected chi connectivity index (χ1v) is 5.79. The Kier molecular flexibility index (Phi) is 3.38. The van der Waals surface area contributed by atoms with Crippen LogP contribution in [0.5, 0.6) is 11.5 Å². The molecule has 5 heteroatoms. The van der Waals surface area contributed by atoms with Crippen LogP contribution in [0, 0.1) is 6.92 Å². The Morgan fingerprint density at radius 1 is 1.18 bits per heavy atom. The van der Waals surface area contributed by atoms with Crippen molar-refractivity contribution >= 4 is 15.9 Å². The molecule has 0 saturated carbocycles. The minimum atomic E-state index is 0.530. The molecule has 0 N–H and O–H groups in total. The second-order valence-corrected chi connectivity index (χ2v) is 4.32. The molecule has 0 aliphatic heterocycles. The molecule has 17 heavy (non-hydrogen) atoms. The van der Waals surface area contributed by atoms with Crippen LogP contribution in [-0.4, -0.2) is 19.2 Å². The van der Waals surface area contributed by atoms with Crippen molar-refractivity contribution in [3.8, 4) is 23.0 Å². The van der Waals surface area contributed by atoms with Gasteiger partial charge in [-0.05, 0) is 28.9 Å². The van der Waals surface area contributed by atoms with E-state index < -0.39 is 0 Å². The Balaban J connectivity index is 2.57. The van der Waals surface area contributed by atoms with Gasteiger partial charge in [0.1, 0.15) is 17.3 Å². The minimum absolute atomic E-state index is 0.530. The fourth-order valence-corrected chi connectivity index (χ4v) is 2.01. The zero-order chi connectivity index (χ0) is 12.4. The van der Waals surface area contributed by atoms with Gasteiger partial charge in [-0.1, -0.05) is 0 Å². The summed E-state index contributed by atoms with van der Waals surface area (Å²) in [7, 11) is 3.20. The number of aryl methyl sites for hydroxylation is 1. The molecule has 0 aliphatic rings. The molecule has 0 bridgehead atoms. The van der Waals surface area contributed by atoms with Crippen molar-refractivity contribution in [3.05, 3.63) is 28.6 Å². The van der Waals surface area contributed by atoms with Crippen LogP contribution in [0.15, 0.2) is 27.2 Å². The number of rotatable bonds is 3. The van der Waals surface area contributed by atoms with Crippen LogP contribution in [0.1, 0.15) is 5.76 Å². The van der Waals surface area contributed by atoms with Crippen molar-refractivity contribution in [3.63, 3.8) is 0 Å². The van der Waals surface area contributed by atoms with Gasteiger partial charge < -0.3 is 13.9 Å². The normalized spacial score (nSPS) is 10.4. The largest absolute Gasteiger partial charge is 0.496 e. The summed E-state index contributed by atoms with van der Waals surface area (Å²) in [5.74, 6) is 2.65. The molecular formula is C12H12BrNO3. The molecule has 0 fully saturated rings. The van der Waals surface area contributed by atoms with Gasteiger partial charge >= 0.3 is 0 Å². The fraction of sp³-hybridized carbons (Fsp3) is 0.250. The summed E-state index contributed by atoms with van der Waals surface area (Å²) in [4.78, 5) is 4.18. The summed E-state index contributed by atoms with van der Waals surface area (Å²) in [5, 5.41) is 0. The number of benzene rings is 1. The highest BCUT2D eigenvalue weighted by Crippen LogP contribution is 2.38. The van der Waals surface area contributed by atoms with Crippen LogP contribution in [-0.2, 0) is 0 Å². The van der Waals surface area contributed by atoms with E-state index in [1.54, 1.807) is 26.5 Å². The van der Waals surface area contributed by atoms with Crippen LogP contribution in [0.4, 0.5) is 0 Å². The molecule has 0 amide bonds. The van der Waals surface area contributed by atoms with Gasteiger partial charge in [0.15, 0.2) is 0 Å². The van der Waals surface area contributed by atoms with E-state index in [4.69, 9.17) is 13.9 Å². The van der Waals surface area contributed by atoms with Crippen molar-refractivity contribution < 1.29 is 13.9 Å². The SMILES string of the molecule is COc1cc(OC)c(-c2ncc(C)o2)cc1Br. The zero-order valence-electron chi connectivity index (χ0n) is 9.78. The van der Waals surface area contributed by atoms with Gasteiger partial charge in [-0.25, -0.2) is 4.98 Å². The van der Waals surface area contributed by atoms with Gasteiger partial charge in [-0.3, -0.25) is 0 Å². The molecule has 4 nitrogen and oxygen atoms in total. The standard InChI is InChI=1S/C12H12BrNO3/c1-7-6-14-12(17-7)8-4-9(13)11(16-3)5-10(8)15-2/h4-6H,1-3H3. The van der Waals surface area contributed by atoms with Crippen LogP contribution in [0.2, 0.25) is 0 Å². The molecule has 0 unspecified atom stereocenters. The monoisotopic (exact) mass is 297 g/mol. The highest BCUT2D eigenvalue weighted by Gasteiger charge is 2.15. The number of halogens is 1. The number of aromatic nitrogens is 1. The molecule has 0 atom stereocenters. The third-order valence-electron chi connectivity index (χ3n) is 2.33. The first-order chi connectivity index (χ1) is 8.15. The predicted octanol–water partition coefficient (Wildman–Crippen LogP) is 3.43. The summed E-state index contributed by atoms with van der Waals surface area (Å²) in [6, 6.07) is 3.65. The van der Waals surface area contributed by atoms with Gasteiger partial charge in [0.2, 0.25) is 5.89 Å². The molecule has 90 valence electrons. The molecule has 0 radical (unpaired) electrons. The Bertz CT molecular complexity index is 537. The van der Waals surface area contributed by atoms with Crippen LogP contribution < -0.4 is 9.47 Å². The molecule has 1 aromatic carbocycles. The summed E-state index contributed by atoms with van der Waals surface area (Å²) in [6.45, 7) is 1.85. The number of methoxy groups -OCH3 is 2. The van der Waals surface area contributed by atoms with Crippen molar-refractivity contribution in [2.24, 2.45) is 0 Å². The van der Waals surface area contributed by atoms with E-state index >= 15 is 0 Å². The average Bonchev–Trinajstić information content (AvgIpc) is 2.75. The van der Waals surface area contributed by atoms with E-state index in [-0.39, 0.29) is 0 Å². The average molecular weight is 298 g/mol. The van der Waals surface area contributed by atoms with Crippen molar-refractivity contribution in [2.75, 3.05) is 14.2 Å². The summed E-state index contributed by atoms with van der Waals surface area (Å²) < 4.78 is 16.8. The number of oxazole rings is 1. The highest BCUT2D eigenvalue weighted by atomic mass is 79.9. The number of nitrogens with zero attached hydrogens (tertiary/aromatic N) is 1. The topological polar surface area (TPSA) is 44.5 Å². The molecule has 1 aromatic heterocycles. The lowest BCUT2D eigenvalue weighted by molar-refractivity contribution is 0.392. The van der Waals surface area contributed by atoms with Crippen LogP contribution in [0.25, 0.3) is 11.5 Å². The molecule has 1 heterocycles. The van der Waals surface area contributed by atoms with Crippen LogP contribution >= 0.6 is 15.9 Å². The second kappa shape index (κ2) is 4.79. The van der Waals surface area contributed by atoms with Gasteiger partial charge in [0, 0.05) is 6.07 Å². The maximum absolute atomic E-state index is 5.49. The lowest BCUT2D eigenvalue weighted by Crippen LogP contribution is -1.91. The maximum atomic E-state index is 5.49. The molecule has 0 spiro atoms. The van der Waals surface area contributed by atoms with E-state index in [2.05, 4.69) is 20.9 Å². The van der Waals surface area contributed by atoms with E-state index in [9.17, 15) is 0 Å². The third kappa shape index (κ3) is 2.29. The molecular weight excluding hydrogens is 286 g/mol. The lowest BCUT2D eigenvalue weighted by Gasteiger charge is -2.09. The lowest BCUT2D eigenvalue weighted by atomic mass is 10.2. The molecule has 2 aromatic rings. The Morgan fingerprint density at radius 2 is 1.88 bits per heavy atom. The number of hydrogen-bond acceptors (Lipinski definition) is 4. The highest BCUT2D eigenvalue weighted by molar-refractivity contribution is 9.10. The smallest absolute Gasteiger partial charge is 0.230 e. The van der Waals surface area contributed by atoms with Crippen LogP contribution in [0.3, 0.4) is 0 Å². The van der Waals surface area contributed by atoms with Crippen molar-refractivity contribution in [2.45, 2.75) is 6.92 Å². The Morgan fingerprint density at radius 3 is 2.41 bits per heavy atom. The zero-order valence-corrected chi connectivity index (χ0v) is 11.4. The molecule has 0 saturated heterocycles. The Hall–Kier alpha value is -1.49. The van der Waals surface area contributed by atoms with E-state index in [1.165, 1.54) is 0 Å². The first-order valence-electron chi connectivity index (χ1n) is 5.00. The van der Waals surface area contributed by atoms with E-state index in [0.29, 0.717) is 17.4 Å². The Labute approximate surface area is 108 Å². The second-order valence-electron chi connectivity index (χ2n) is 3.46. The first kappa shape index (κ1) is 12.0. The molecule has 0 aliphatic carbocycles. The third-order valence-corrected chi connectivity index (χ3v) is 2.95. The maximum Gasteiger partial charge on any atom is 0.230 e. The predicted molar refractivity (Wildman–Crippen MR) is 67.5 cm³/mol. The van der Waals surface area contributed by atoms with Gasteiger partial charge in [0.25, 0.3) is 0 Å². The summed E-state index contributed by atoms with van der Waals surface area (Å²) >= 11 is 3.42. The summed E-state index contributed by atoms with van der Waals surface area (Å²) in [5.41, 5.74) is 0.785.